The number of aldehydes is 1. The van der Waals surface area contributed by atoms with E-state index in [0.29, 0.717) is 5.92 Å². The lowest BCUT2D eigenvalue weighted by Gasteiger charge is -2.29. The van der Waals surface area contributed by atoms with E-state index in [1.54, 1.807) is 0 Å². The lowest BCUT2D eigenvalue weighted by Crippen LogP contribution is -2.38. The largest absolute Gasteiger partial charge is 0.380 e. The maximum absolute atomic E-state index is 10.7. The van der Waals surface area contributed by atoms with Crippen LogP contribution in [0.1, 0.15) is 26.7 Å². The number of hydrogen-bond donors (Lipinski definition) is 0. The third-order valence-electron chi connectivity index (χ3n) is 2.74. The summed E-state index contributed by atoms with van der Waals surface area (Å²) in [5, 5.41) is 0. The molecule has 0 N–H and O–H groups in total. The molecule has 3 nitrogen and oxygen atoms in total. The Kier molecular flexibility index (Phi) is 5.88. The zero-order valence-corrected chi connectivity index (χ0v) is 9.95. The van der Waals surface area contributed by atoms with Crippen molar-refractivity contribution in [3.8, 4) is 0 Å². The van der Waals surface area contributed by atoms with Crippen LogP contribution in [0, 0.1) is 11.8 Å². The van der Waals surface area contributed by atoms with Crippen molar-refractivity contribution in [3.63, 3.8) is 0 Å². The number of hydrogen-bond acceptors (Lipinski definition) is 3. The first-order chi connectivity index (χ1) is 7.22. The molecule has 1 saturated heterocycles. The van der Waals surface area contributed by atoms with Crippen LogP contribution in [0.5, 0.6) is 0 Å². The summed E-state index contributed by atoms with van der Waals surface area (Å²) in [5.74, 6) is 0.859. The molecule has 15 heavy (non-hydrogen) atoms. The normalized spacial score (nSPS) is 23.3. The second kappa shape index (κ2) is 6.96. The van der Waals surface area contributed by atoms with Crippen molar-refractivity contribution < 1.29 is 9.53 Å². The molecule has 1 rings (SSSR count). The van der Waals surface area contributed by atoms with Gasteiger partial charge >= 0.3 is 0 Å². The minimum absolute atomic E-state index is 0.254. The van der Waals surface area contributed by atoms with Gasteiger partial charge in [-0.15, -0.1) is 0 Å². The van der Waals surface area contributed by atoms with Crippen LogP contribution in [0.15, 0.2) is 0 Å². The molecule has 0 amide bonds. The van der Waals surface area contributed by atoms with E-state index in [4.69, 9.17) is 4.74 Å². The number of rotatable bonds is 6. The molecule has 1 aliphatic heterocycles. The first kappa shape index (κ1) is 12.7. The Balaban J connectivity index is 2.07. The smallest absolute Gasteiger partial charge is 0.124 e. The van der Waals surface area contributed by atoms with E-state index in [2.05, 4.69) is 18.7 Å². The number of carbonyl (C=O) groups excluding carboxylic acids is 1. The Bertz CT molecular complexity index is 182. The average Bonchev–Trinajstić information content (AvgIpc) is 2.24. The topological polar surface area (TPSA) is 29.5 Å². The van der Waals surface area contributed by atoms with Gasteiger partial charge in [0.1, 0.15) is 6.29 Å². The van der Waals surface area contributed by atoms with Crippen LogP contribution < -0.4 is 0 Å². The molecule has 1 atom stereocenters. The lowest BCUT2D eigenvalue weighted by molar-refractivity contribution is -0.112. The monoisotopic (exact) mass is 213 g/mol. The quantitative estimate of drug-likeness (QED) is 0.495. The third kappa shape index (κ3) is 5.28. The Morgan fingerprint density at radius 2 is 2.33 bits per heavy atom. The second-order valence-corrected chi connectivity index (χ2v) is 4.81. The zero-order chi connectivity index (χ0) is 11.1. The van der Waals surface area contributed by atoms with Crippen LogP contribution in [0.2, 0.25) is 0 Å². The number of piperidine rings is 1. The number of nitrogens with zero attached hydrogens (tertiary/aromatic N) is 1. The van der Waals surface area contributed by atoms with Gasteiger partial charge in [-0.25, -0.2) is 0 Å². The molecular weight excluding hydrogens is 190 g/mol. The van der Waals surface area contributed by atoms with Gasteiger partial charge in [0.2, 0.25) is 0 Å². The molecule has 1 unspecified atom stereocenters. The van der Waals surface area contributed by atoms with Crippen LogP contribution in [-0.2, 0) is 9.53 Å². The van der Waals surface area contributed by atoms with Gasteiger partial charge in [0.05, 0.1) is 6.61 Å². The van der Waals surface area contributed by atoms with E-state index >= 15 is 0 Å². The molecule has 0 aliphatic carbocycles. The minimum atomic E-state index is 0.254. The van der Waals surface area contributed by atoms with E-state index in [0.717, 1.165) is 52.0 Å². The van der Waals surface area contributed by atoms with Crippen molar-refractivity contribution in [2.45, 2.75) is 26.7 Å². The van der Waals surface area contributed by atoms with Crippen molar-refractivity contribution in [1.29, 1.82) is 0 Å². The molecule has 1 heterocycles. The summed E-state index contributed by atoms with van der Waals surface area (Å²) in [5.41, 5.74) is 0. The molecule has 88 valence electrons. The van der Waals surface area contributed by atoms with E-state index in [9.17, 15) is 4.79 Å². The molecule has 0 bridgehead atoms. The summed E-state index contributed by atoms with van der Waals surface area (Å²) >= 11 is 0. The molecule has 0 saturated carbocycles. The molecular formula is C12H23NO2. The van der Waals surface area contributed by atoms with E-state index in [1.165, 1.54) is 0 Å². The minimum Gasteiger partial charge on any atom is -0.380 e. The summed E-state index contributed by atoms with van der Waals surface area (Å²) in [6.45, 7) is 8.96. The van der Waals surface area contributed by atoms with E-state index in [-0.39, 0.29) is 5.92 Å². The molecule has 0 aromatic rings. The SMILES string of the molecule is CC(C)COCCN1CCCC(C=O)C1. The Morgan fingerprint density at radius 3 is 3.00 bits per heavy atom. The van der Waals surface area contributed by atoms with Crippen LogP contribution in [0.25, 0.3) is 0 Å². The van der Waals surface area contributed by atoms with Gasteiger partial charge in [0.15, 0.2) is 0 Å². The molecule has 1 aliphatic rings. The van der Waals surface area contributed by atoms with Gasteiger partial charge in [-0.3, -0.25) is 0 Å². The maximum Gasteiger partial charge on any atom is 0.124 e. The molecule has 0 radical (unpaired) electrons. The van der Waals surface area contributed by atoms with Crippen molar-refractivity contribution in [3.05, 3.63) is 0 Å². The summed E-state index contributed by atoms with van der Waals surface area (Å²) in [7, 11) is 0. The predicted octanol–water partition coefficient (Wildman–Crippen LogP) is 1.57. The van der Waals surface area contributed by atoms with E-state index < -0.39 is 0 Å². The molecule has 0 aromatic heterocycles. The van der Waals surface area contributed by atoms with Crippen molar-refractivity contribution in [1.82, 2.24) is 4.90 Å². The lowest BCUT2D eigenvalue weighted by atomic mass is 10.00. The summed E-state index contributed by atoms with van der Waals surface area (Å²) < 4.78 is 5.54. The van der Waals surface area contributed by atoms with Crippen molar-refractivity contribution >= 4 is 6.29 Å². The summed E-state index contributed by atoms with van der Waals surface area (Å²) in [6, 6.07) is 0. The highest BCUT2D eigenvalue weighted by atomic mass is 16.5. The molecule has 3 heteroatoms. The fourth-order valence-electron chi connectivity index (χ4n) is 1.92. The number of likely N-dealkylation sites (tertiary alicyclic amines) is 1. The van der Waals surface area contributed by atoms with Crippen LogP contribution in [0.3, 0.4) is 0 Å². The summed E-state index contributed by atoms with van der Waals surface area (Å²) in [4.78, 5) is 13.0. The standard InChI is InChI=1S/C12H23NO2/c1-11(2)10-15-7-6-13-5-3-4-12(8-13)9-14/h9,11-12H,3-8,10H2,1-2H3. The van der Waals surface area contributed by atoms with Gasteiger partial charge in [-0.05, 0) is 25.3 Å². The fraction of sp³-hybridized carbons (Fsp3) is 0.917. The Morgan fingerprint density at radius 1 is 1.53 bits per heavy atom. The Labute approximate surface area is 92.8 Å². The number of ether oxygens (including phenoxy) is 1. The molecule has 0 spiro atoms. The van der Waals surface area contributed by atoms with Crippen molar-refractivity contribution in [2.75, 3.05) is 32.8 Å². The molecule has 0 aromatic carbocycles. The number of carbonyl (C=O) groups is 1. The van der Waals surface area contributed by atoms with Gasteiger partial charge in [-0.2, -0.15) is 0 Å². The Hall–Kier alpha value is -0.410. The molecule has 1 fully saturated rings. The van der Waals surface area contributed by atoms with Crippen LogP contribution >= 0.6 is 0 Å². The van der Waals surface area contributed by atoms with Gasteiger partial charge < -0.3 is 14.4 Å². The van der Waals surface area contributed by atoms with Gasteiger partial charge in [0, 0.05) is 25.6 Å². The van der Waals surface area contributed by atoms with Crippen molar-refractivity contribution in [2.24, 2.45) is 11.8 Å². The highest BCUT2D eigenvalue weighted by Gasteiger charge is 2.18. The third-order valence-corrected chi connectivity index (χ3v) is 2.74. The first-order valence-corrected chi connectivity index (χ1v) is 5.97. The second-order valence-electron chi connectivity index (χ2n) is 4.81. The predicted molar refractivity (Wildman–Crippen MR) is 60.9 cm³/mol. The van der Waals surface area contributed by atoms with Crippen LogP contribution in [-0.4, -0.2) is 44.0 Å². The highest BCUT2D eigenvalue weighted by Crippen LogP contribution is 2.13. The highest BCUT2D eigenvalue weighted by molar-refractivity contribution is 5.53. The average molecular weight is 213 g/mol. The van der Waals surface area contributed by atoms with Crippen LogP contribution in [0.4, 0.5) is 0 Å². The maximum atomic E-state index is 10.7. The van der Waals surface area contributed by atoms with E-state index in [1.807, 2.05) is 0 Å². The zero-order valence-electron chi connectivity index (χ0n) is 9.95. The first-order valence-electron chi connectivity index (χ1n) is 5.97. The van der Waals surface area contributed by atoms with Gasteiger partial charge in [0.25, 0.3) is 0 Å². The van der Waals surface area contributed by atoms with Gasteiger partial charge in [-0.1, -0.05) is 13.8 Å². The fourth-order valence-corrected chi connectivity index (χ4v) is 1.92. The summed E-state index contributed by atoms with van der Waals surface area (Å²) in [6.07, 6.45) is 3.31.